The minimum Gasteiger partial charge on any atom is -0.331 e. The van der Waals surface area contributed by atoms with Crippen LogP contribution in [-0.4, -0.2) is 36.0 Å². The maximum Gasteiger partial charge on any atom is 0.254 e. The number of rotatable bonds is 1. The lowest BCUT2D eigenvalue weighted by atomic mass is 10.0. The second-order valence-corrected chi connectivity index (χ2v) is 7.27. The Kier molecular flexibility index (Phi) is 3.71. The summed E-state index contributed by atoms with van der Waals surface area (Å²) in [6, 6.07) is 6.44. The number of nitrogens with zero attached hydrogens (tertiary/aromatic N) is 1. The first kappa shape index (κ1) is 13.6. The van der Waals surface area contributed by atoms with Crippen LogP contribution < -0.4 is 5.32 Å². The Labute approximate surface area is 130 Å². The van der Waals surface area contributed by atoms with Crippen LogP contribution in [0.4, 0.5) is 0 Å². The van der Waals surface area contributed by atoms with E-state index in [0.29, 0.717) is 18.0 Å². The zero-order valence-corrected chi connectivity index (χ0v) is 13.9. The highest BCUT2D eigenvalue weighted by atomic mass is 79.9. The van der Waals surface area contributed by atoms with E-state index < -0.39 is 0 Å². The van der Waals surface area contributed by atoms with E-state index in [0.717, 1.165) is 34.0 Å². The summed E-state index contributed by atoms with van der Waals surface area (Å²) in [5.41, 5.74) is 0.751. The standard InChI is InChI=1S/C14H16Br2N2O/c1-8-2-10-6-17-7-13(10)18(8)14(19)9-3-11(15)5-12(16)4-9/h3-5,8,10,13,17H,2,6-7H2,1H3. The Morgan fingerprint density at radius 1 is 1.26 bits per heavy atom. The van der Waals surface area contributed by atoms with Crippen molar-refractivity contribution in [2.24, 2.45) is 5.92 Å². The van der Waals surface area contributed by atoms with Crippen molar-refractivity contribution < 1.29 is 4.79 Å². The molecule has 2 fully saturated rings. The molecule has 2 heterocycles. The minimum atomic E-state index is 0.144. The van der Waals surface area contributed by atoms with Gasteiger partial charge in [-0.05, 0) is 37.5 Å². The van der Waals surface area contributed by atoms with Crippen LogP contribution >= 0.6 is 31.9 Å². The Morgan fingerprint density at radius 2 is 1.95 bits per heavy atom. The lowest BCUT2D eigenvalue weighted by Crippen LogP contribution is -2.42. The Morgan fingerprint density at radius 3 is 2.63 bits per heavy atom. The summed E-state index contributed by atoms with van der Waals surface area (Å²) in [5.74, 6) is 0.764. The molecule has 19 heavy (non-hydrogen) atoms. The quantitative estimate of drug-likeness (QED) is 0.803. The van der Waals surface area contributed by atoms with Crippen LogP contribution in [0.5, 0.6) is 0 Å². The molecule has 1 amide bonds. The van der Waals surface area contributed by atoms with Crippen molar-refractivity contribution in [3.8, 4) is 0 Å². The first-order valence-corrected chi connectivity index (χ1v) is 8.14. The average molecular weight is 388 g/mol. The van der Waals surface area contributed by atoms with Gasteiger partial charge in [-0.1, -0.05) is 31.9 Å². The van der Waals surface area contributed by atoms with Crippen molar-refractivity contribution >= 4 is 37.8 Å². The zero-order valence-electron chi connectivity index (χ0n) is 10.7. The summed E-state index contributed by atoms with van der Waals surface area (Å²) < 4.78 is 1.86. The Hall–Kier alpha value is -0.390. The average Bonchev–Trinajstić information content (AvgIpc) is 2.86. The van der Waals surface area contributed by atoms with Gasteiger partial charge >= 0.3 is 0 Å². The number of hydrogen-bond acceptors (Lipinski definition) is 2. The first-order chi connectivity index (χ1) is 9.06. The number of carbonyl (C=O) groups is 1. The van der Waals surface area contributed by atoms with Crippen molar-refractivity contribution in [2.45, 2.75) is 25.4 Å². The summed E-state index contributed by atoms with van der Waals surface area (Å²) >= 11 is 6.90. The molecule has 0 aromatic heterocycles. The molecule has 102 valence electrons. The van der Waals surface area contributed by atoms with Gasteiger partial charge < -0.3 is 10.2 Å². The fourth-order valence-electron chi connectivity index (χ4n) is 3.34. The molecular weight excluding hydrogens is 372 g/mol. The molecule has 0 aliphatic carbocycles. The van der Waals surface area contributed by atoms with Crippen LogP contribution in [0.3, 0.4) is 0 Å². The number of hydrogen-bond donors (Lipinski definition) is 1. The molecule has 1 aromatic rings. The van der Waals surface area contributed by atoms with Crippen LogP contribution in [0.15, 0.2) is 27.1 Å². The number of nitrogens with one attached hydrogen (secondary N) is 1. The van der Waals surface area contributed by atoms with Gasteiger partial charge in [-0.15, -0.1) is 0 Å². The maximum atomic E-state index is 12.8. The first-order valence-electron chi connectivity index (χ1n) is 6.55. The van der Waals surface area contributed by atoms with E-state index in [9.17, 15) is 4.79 Å². The van der Waals surface area contributed by atoms with Crippen molar-refractivity contribution in [3.05, 3.63) is 32.7 Å². The van der Waals surface area contributed by atoms with Crippen LogP contribution in [0, 0.1) is 5.92 Å². The molecule has 2 aliphatic heterocycles. The summed E-state index contributed by atoms with van der Waals surface area (Å²) in [4.78, 5) is 14.8. The van der Waals surface area contributed by atoms with Crippen molar-refractivity contribution in [3.63, 3.8) is 0 Å². The molecule has 1 N–H and O–H groups in total. The van der Waals surface area contributed by atoms with E-state index in [4.69, 9.17) is 0 Å². The third-order valence-electron chi connectivity index (χ3n) is 4.12. The maximum absolute atomic E-state index is 12.8. The third kappa shape index (κ3) is 2.48. The number of carbonyl (C=O) groups excluding carboxylic acids is 1. The van der Waals surface area contributed by atoms with E-state index in [2.05, 4.69) is 49.0 Å². The summed E-state index contributed by atoms with van der Waals surface area (Å²) in [7, 11) is 0. The van der Waals surface area contributed by atoms with Crippen molar-refractivity contribution in [2.75, 3.05) is 13.1 Å². The van der Waals surface area contributed by atoms with E-state index in [1.165, 1.54) is 0 Å². The largest absolute Gasteiger partial charge is 0.331 e. The lowest BCUT2D eigenvalue weighted by molar-refractivity contribution is 0.0682. The SMILES string of the molecule is CC1CC2CNCC2N1C(=O)c1cc(Br)cc(Br)c1. The van der Waals surface area contributed by atoms with Crippen molar-refractivity contribution in [1.82, 2.24) is 10.2 Å². The lowest BCUT2D eigenvalue weighted by Gasteiger charge is -2.28. The fourth-order valence-corrected chi connectivity index (χ4v) is 4.63. The highest BCUT2D eigenvalue weighted by Gasteiger charge is 2.44. The van der Waals surface area contributed by atoms with Gasteiger partial charge in [0.1, 0.15) is 0 Å². The molecule has 5 heteroatoms. The highest BCUT2D eigenvalue weighted by Crippen LogP contribution is 2.34. The van der Waals surface area contributed by atoms with E-state index >= 15 is 0 Å². The molecule has 3 nitrogen and oxygen atoms in total. The Bertz CT molecular complexity index is 500. The van der Waals surface area contributed by atoms with Gasteiger partial charge in [0.2, 0.25) is 0 Å². The molecule has 1 aromatic carbocycles. The molecular formula is C14H16Br2N2O. The number of halogens is 2. The monoisotopic (exact) mass is 386 g/mol. The summed E-state index contributed by atoms with van der Waals surface area (Å²) in [6.45, 7) is 4.13. The van der Waals surface area contributed by atoms with Gasteiger partial charge in [-0.3, -0.25) is 4.79 Å². The van der Waals surface area contributed by atoms with Gasteiger partial charge in [0.05, 0.1) is 0 Å². The molecule has 3 rings (SSSR count). The molecule has 0 radical (unpaired) electrons. The van der Waals surface area contributed by atoms with E-state index in [-0.39, 0.29) is 5.91 Å². The zero-order chi connectivity index (χ0) is 13.6. The minimum absolute atomic E-state index is 0.144. The number of fused-ring (bicyclic) bond motifs is 1. The van der Waals surface area contributed by atoms with Crippen LogP contribution in [0.2, 0.25) is 0 Å². The van der Waals surface area contributed by atoms with Crippen LogP contribution in [-0.2, 0) is 0 Å². The Balaban J connectivity index is 1.90. The number of benzene rings is 1. The number of likely N-dealkylation sites (tertiary alicyclic amines) is 1. The summed E-state index contributed by atoms with van der Waals surface area (Å²) in [5, 5.41) is 3.39. The molecule has 3 atom stereocenters. The molecule has 2 saturated heterocycles. The van der Waals surface area contributed by atoms with Crippen molar-refractivity contribution in [1.29, 1.82) is 0 Å². The normalized spacial score (nSPS) is 29.6. The van der Waals surface area contributed by atoms with E-state index in [1.807, 2.05) is 18.2 Å². The predicted molar refractivity (Wildman–Crippen MR) is 82.2 cm³/mol. The molecule has 2 aliphatic rings. The van der Waals surface area contributed by atoms with E-state index in [1.54, 1.807) is 0 Å². The molecule has 0 spiro atoms. The summed E-state index contributed by atoms with van der Waals surface area (Å²) in [6.07, 6.45) is 1.11. The van der Waals surface area contributed by atoms with Crippen LogP contribution in [0.25, 0.3) is 0 Å². The second-order valence-electron chi connectivity index (χ2n) is 5.44. The third-order valence-corrected chi connectivity index (χ3v) is 5.04. The topological polar surface area (TPSA) is 32.3 Å². The van der Waals surface area contributed by atoms with Crippen LogP contribution in [0.1, 0.15) is 23.7 Å². The van der Waals surface area contributed by atoms with Gasteiger partial charge in [0.15, 0.2) is 0 Å². The number of amides is 1. The van der Waals surface area contributed by atoms with Gasteiger partial charge in [-0.25, -0.2) is 0 Å². The van der Waals surface area contributed by atoms with Gasteiger partial charge in [0.25, 0.3) is 5.91 Å². The molecule has 0 bridgehead atoms. The predicted octanol–water partition coefficient (Wildman–Crippen LogP) is 3.03. The van der Waals surface area contributed by atoms with Gasteiger partial charge in [0, 0.05) is 39.7 Å². The fraction of sp³-hybridized carbons (Fsp3) is 0.500. The smallest absolute Gasteiger partial charge is 0.254 e. The molecule has 0 saturated carbocycles. The second kappa shape index (κ2) is 5.19. The highest BCUT2D eigenvalue weighted by molar-refractivity contribution is 9.11. The molecule has 3 unspecified atom stereocenters. The van der Waals surface area contributed by atoms with Gasteiger partial charge in [-0.2, -0.15) is 0 Å².